The zero-order chi connectivity index (χ0) is 46.7. The summed E-state index contributed by atoms with van der Waals surface area (Å²) in [5.74, 6) is -0.815. The topological polar surface area (TPSA) is 134 Å². The Hall–Kier alpha value is -1.25. The number of carbonyl (C=O) groups excluding carboxylic acids is 2. The van der Waals surface area contributed by atoms with E-state index in [4.69, 9.17) is 24.3 Å². The quantitative estimate of drug-likeness (QED) is 0.0265. The van der Waals surface area contributed by atoms with Crippen LogP contribution >= 0.6 is 7.82 Å². The van der Waals surface area contributed by atoms with Crippen LogP contribution in [0.3, 0.4) is 0 Å². The summed E-state index contributed by atoms with van der Waals surface area (Å²) in [7, 11) is -4.38. The maximum absolute atomic E-state index is 12.7. The summed E-state index contributed by atoms with van der Waals surface area (Å²) in [5.41, 5.74) is 5.37. The van der Waals surface area contributed by atoms with Gasteiger partial charge in [0.15, 0.2) is 6.10 Å². The standard InChI is InChI=1S/C54H106NO8P/c1-3-5-7-9-11-13-15-17-19-21-23-24-25-26-27-28-29-31-32-34-36-38-40-42-44-46-53(56)60-50-52(51-62-64(58,59)61-49-48-55)63-54(57)47-45-43-41-39-37-35-33-30-22-20-18-16-14-12-10-8-6-4-2/h20,22,52H,3-19,21,23-51,55H2,1-2H3,(H,58,59)/b22-20-. The van der Waals surface area contributed by atoms with E-state index in [1.165, 1.54) is 212 Å². The second-order valence-corrected chi connectivity index (χ2v) is 20.3. The van der Waals surface area contributed by atoms with E-state index < -0.39 is 26.5 Å². The minimum atomic E-state index is -4.38. The zero-order valence-electron chi connectivity index (χ0n) is 42.3. The van der Waals surface area contributed by atoms with Gasteiger partial charge in [0.05, 0.1) is 13.2 Å². The van der Waals surface area contributed by atoms with Gasteiger partial charge in [-0.3, -0.25) is 18.6 Å². The number of nitrogens with two attached hydrogens (primary N) is 1. The van der Waals surface area contributed by atoms with Crippen molar-refractivity contribution in [1.82, 2.24) is 0 Å². The van der Waals surface area contributed by atoms with Crippen LogP contribution < -0.4 is 5.73 Å². The van der Waals surface area contributed by atoms with Crippen LogP contribution in [0.4, 0.5) is 0 Å². The minimum Gasteiger partial charge on any atom is -0.462 e. The summed E-state index contributed by atoms with van der Waals surface area (Å²) in [6.07, 6.45) is 56.9. The Morgan fingerprint density at radius 2 is 0.766 bits per heavy atom. The average molecular weight is 928 g/mol. The van der Waals surface area contributed by atoms with Crippen LogP contribution in [0.2, 0.25) is 0 Å². The lowest BCUT2D eigenvalue weighted by molar-refractivity contribution is -0.161. The lowest BCUT2D eigenvalue weighted by atomic mass is 10.0. The van der Waals surface area contributed by atoms with Gasteiger partial charge < -0.3 is 20.1 Å². The van der Waals surface area contributed by atoms with Gasteiger partial charge in [-0.15, -0.1) is 0 Å². The summed E-state index contributed by atoms with van der Waals surface area (Å²) in [4.78, 5) is 35.1. The van der Waals surface area contributed by atoms with Crippen molar-refractivity contribution in [1.29, 1.82) is 0 Å². The maximum Gasteiger partial charge on any atom is 0.472 e. The highest BCUT2D eigenvalue weighted by atomic mass is 31.2. The molecule has 0 heterocycles. The first kappa shape index (κ1) is 62.8. The Bertz CT molecular complexity index is 1060. The van der Waals surface area contributed by atoms with Crippen LogP contribution in [0.15, 0.2) is 12.2 Å². The number of rotatable bonds is 53. The van der Waals surface area contributed by atoms with Crippen molar-refractivity contribution in [3.05, 3.63) is 12.2 Å². The van der Waals surface area contributed by atoms with Gasteiger partial charge in [0, 0.05) is 19.4 Å². The molecule has 0 aliphatic rings. The third-order valence-corrected chi connectivity index (χ3v) is 13.4. The summed E-state index contributed by atoms with van der Waals surface area (Å²) in [6, 6.07) is 0. The third kappa shape index (κ3) is 50.2. The highest BCUT2D eigenvalue weighted by molar-refractivity contribution is 7.47. The molecule has 0 saturated heterocycles. The summed E-state index contributed by atoms with van der Waals surface area (Å²) in [6.45, 7) is 3.79. The molecule has 0 bridgehead atoms. The molecule has 9 nitrogen and oxygen atoms in total. The summed E-state index contributed by atoms with van der Waals surface area (Å²) >= 11 is 0. The molecule has 0 aliphatic carbocycles. The second kappa shape index (κ2) is 51.1. The van der Waals surface area contributed by atoms with Crippen LogP contribution in [-0.4, -0.2) is 49.3 Å². The Morgan fingerprint density at radius 3 is 1.11 bits per heavy atom. The van der Waals surface area contributed by atoms with Crippen molar-refractivity contribution in [2.75, 3.05) is 26.4 Å². The number of phosphoric ester groups is 1. The first-order valence-electron chi connectivity index (χ1n) is 27.7. The smallest absolute Gasteiger partial charge is 0.462 e. The highest BCUT2D eigenvalue weighted by Gasteiger charge is 2.26. The molecule has 0 aliphatic heterocycles. The second-order valence-electron chi connectivity index (χ2n) is 18.8. The zero-order valence-corrected chi connectivity index (χ0v) is 43.2. The molecule has 0 amide bonds. The number of allylic oxidation sites excluding steroid dienone is 2. The van der Waals surface area contributed by atoms with Crippen molar-refractivity contribution in [3.8, 4) is 0 Å². The predicted molar refractivity (Wildman–Crippen MR) is 271 cm³/mol. The number of phosphoric acid groups is 1. The lowest BCUT2D eigenvalue weighted by Crippen LogP contribution is -2.29. The normalized spacial score (nSPS) is 13.1. The largest absolute Gasteiger partial charge is 0.472 e. The third-order valence-electron chi connectivity index (χ3n) is 12.4. The van der Waals surface area contributed by atoms with Gasteiger partial charge in [-0.1, -0.05) is 251 Å². The van der Waals surface area contributed by atoms with Crippen LogP contribution in [-0.2, 0) is 32.7 Å². The molecule has 3 N–H and O–H groups in total. The number of unbranched alkanes of at least 4 members (excludes halogenated alkanes) is 38. The maximum atomic E-state index is 12.7. The Labute approximate surface area is 396 Å². The van der Waals surface area contributed by atoms with Crippen LogP contribution in [0, 0.1) is 0 Å². The SMILES string of the molecule is CCCCCCCCC/C=C\CCCCCCCCCC(=O)OC(COC(=O)CCCCCCCCCCCCCCCCCCCCCCCCCCC)COP(=O)(O)OCCN. The van der Waals surface area contributed by atoms with E-state index in [0.29, 0.717) is 6.42 Å². The van der Waals surface area contributed by atoms with E-state index in [1.807, 2.05) is 0 Å². The van der Waals surface area contributed by atoms with Crippen LogP contribution in [0.25, 0.3) is 0 Å². The van der Waals surface area contributed by atoms with Gasteiger partial charge in [0.2, 0.25) is 0 Å². The fourth-order valence-electron chi connectivity index (χ4n) is 8.28. The van der Waals surface area contributed by atoms with Crippen molar-refractivity contribution in [2.24, 2.45) is 5.73 Å². The summed E-state index contributed by atoms with van der Waals surface area (Å²) < 4.78 is 33.0. The van der Waals surface area contributed by atoms with Gasteiger partial charge >= 0.3 is 19.8 Å². The van der Waals surface area contributed by atoms with Crippen molar-refractivity contribution in [2.45, 2.75) is 296 Å². The number of carbonyl (C=O) groups is 2. The van der Waals surface area contributed by atoms with Crippen LogP contribution in [0.5, 0.6) is 0 Å². The Morgan fingerprint density at radius 1 is 0.453 bits per heavy atom. The van der Waals surface area contributed by atoms with Gasteiger partial charge in [0.1, 0.15) is 6.61 Å². The molecule has 64 heavy (non-hydrogen) atoms. The number of hydrogen-bond acceptors (Lipinski definition) is 8. The number of ether oxygens (including phenoxy) is 2. The van der Waals surface area contributed by atoms with Crippen LogP contribution in [0.1, 0.15) is 290 Å². The van der Waals surface area contributed by atoms with E-state index in [-0.39, 0.29) is 38.6 Å². The first-order chi connectivity index (χ1) is 31.3. The molecule has 0 rings (SSSR count). The fraction of sp³-hybridized carbons (Fsp3) is 0.926. The van der Waals surface area contributed by atoms with Crippen molar-refractivity contribution < 1.29 is 37.6 Å². The molecule has 0 aromatic rings. The number of esters is 2. The molecule has 0 fully saturated rings. The minimum absolute atomic E-state index is 0.0559. The lowest BCUT2D eigenvalue weighted by Gasteiger charge is -2.19. The van der Waals surface area contributed by atoms with Gasteiger partial charge in [0.25, 0.3) is 0 Å². The molecule has 10 heteroatoms. The Kier molecular flexibility index (Phi) is 50.1. The molecule has 0 radical (unpaired) electrons. The highest BCUT2D eigenvalue weighted by Crippen LogP contribution is 2.43. The fourth-order valence-corrected chi connectivity index (χ4v) is 9.05. The van der Waals surface area contributed by atoms with E-state index in [0.717, 1.165) is 44.9 Å². The van der Waals surface area contributed by atoms with Crippen molar-refractivity contribution in [3.63, 3.8) is 0 Å². The van der Waals surface area contributed by atoms with E-state index in [2.05, 4.69) is 26.0 Å². The molecule has 2 atom stereocenters. The van der Waals surface area contributed by atoms with Gasteiger partial charge in [-0.05, 0) is 38.5 Å². The summed E-state index contributed by atoms with van der Waals surface area (Å²) in [5, 5.41) is 0. The predicted octanol–water partition coefficient (Wildman–Crippen LogP) is 16.9. The number of hydrogen-bond donors (Lipinski definition) is 2. The van der Waals surface area contributed by atoms with Gasteiger partial charge in [-0.25, -0.2) is 4.57 Å². The van der Waals surface area contributed by atoms with E-state index in [9.17, 15) is 19.0 Å². The first-order valence-corrected chi connectivity index (χ1v) is 29.2. The molecule has 0 aromatic carbocycles. The Balaban J connectivity index is 3.93. The van der Waals surface area contributed by atoms with Gasteiger partial charge in [-0.2, -0.15) is 0 Å². The van der Waals surface area contributed by atoms with Crippen molar-refractivity contribution >= 4 is 19.8 Å². The molecule has 2 unspecified atom stereocenters. The molecule has 380 valence electrons. The molecule has 0 saturated carbocycles. The molecule has 0 spiro atoms. The molecular formula is C54H106NO8P. The average Bonchev–Trinajstić information content (AvgIpc) is 3.28. The molecular weight excluding hydrogens is 822 g/mol. The van der Waals surface area contributed by atoms with E-state index in [1.54, 1.807) is 0 Å². The van der Waals surface area contributed by atoms with E-state index >= 15 is 0 Å². The molecule has 0 aromatic heterocycles. The monoisotopic (exact) mass is 928 g/mol.